The molecule has 8 heteroatoms. The molecule has 1 amide bonds. The maximum atomic E-state index is 12.2. The van der Waals surface area contributed by atoms with Crippen LogP contribution in [-0.4, -0.2) is 37.1 Å². The highest BCUT2D eigenvalue weighted by molar-refractivity contribution is 6.04. The molecule has 0 aliphatic carbocycles. The van der Waals surface area contributed by atoms with Gasteiger partial charge in [-0.3, -0.25) is 19.9 Å². The van der Waals surface area contributed by atoms with E-state index in [2.05, 4.69) is 25.5 Å². The van der Waals surface area contributed by atoms with Crippen LogP contribution in [-0.2, 0) is 0 Å². The smallest absolute Gasteiger partial charge is 0.353 e. The number of anilines is 1. The number of aromatic carboxylic acids is 1. The lowest BCUT2D eigenvalue weighted by Crippen LogP contribution is -2.13. The highest BCUT2D eigenvalue weighted by Gasteiger charge is 2.15. The second-order valence-electron chi connectivity index (χ2n) is 5.05. The SMILES string of the molecule is Cc1ccc(-c2cnccn2)cc1NC(=O)c1cc(C(=O)O)[nH]n1. The summed E-state index contributed by atoms with van der Waals surface area (Å²) in [5.41, 5.74) is 2.77. The fraction of sp³-hybridized carbons (Fsp3) is 0.0625. The lowest BCUT2D eigenvalue weighted by atomic mass is 10.1. The number of carbonyl (C=O) groups is 2. The average molecular weight is 323 g/mol. The molecule has 2 aromatic heterocycles. The van der Waals surface area contributed by atoms with Gasteiger partial charge in [0.15, 0.2) is 5.69 Å². The Labute approximate surface area is 136 Å². The molecule has 0 aliphatic rings. The number of aromatic nitrogens is 4. The molecule has 0 atom stereocenters. The number of rotatable bonds is 4. The van der Waals surface area contributed by atoms with E-state index in [4.69, 9.17) is 5.11 Å². The lowest BCUT2D eigenvalue weighted by molar-refractivity contribution is 0.0690. The van der Waals surface area contributed by atoms with E-state index < -0.39 is 11.9 Å². The fourth-order valence-electron chi connectivity index (χ4n) is 2.10. The van der Waals surface area contributed by atoms with E-state index in [0.29, 0.717) is 11.4 Å². The number of carbonyl (C=O) groups excluding carboxylic acids is 1. The largest absolute Gasteiger partial charge is 0.477 e. The number of amides is 1. The molecule has 120 valence electrons. The van der Waals surface area contributed by atoms with Crippen molar-refractivity contribution in [3.8, 4) is 11.3 Å². The third kappa shape index (κ3) is 3.12. The third-order valence-electron chi connectivity index (χ3n) is 3.39. The zero-order valence-corrected chi connectivity index (χ0v) is 12.6. The second-order valence-corrected chi connectivity index (χ2v) is 5.05. The van der Waals surface area contributed by atoms with Crippen LogP contribution >= 0.6 is 0 Å². The minimum atomic E-state index is -1.18. The number of carboxylic acid groups (broad SMARTS) is 1. The Morgan fingerprint density at radius 1 is 1.21 bits per heavy atom. The number of aromatic amines is 1. The monoisotopic (exact) mass is 323 g/mol. The predicted molar refractivity (Wildman–Crippen MR) is 85.7 cm³/mol. The number of hydrogen-bond donors (Lipinski definition) is 3. The van der Waals surface area contributed by atoms with Crippen LogP contribution in [0.4, 0.5) is 5.69 Å². The Kier molecular flexibility index (Phi) is 4.02. The maximum Gasteiger partial charge on any atom is 0.353 e. The molecular formula is C16H13N5O3. The van der Waals surface area contributed by atoms with Crippen LogP contribution in [0.25, 0.3) is 11.3 Å². The standard InChI is InChI=1S/C16H13N5O3/c1-9-2-3-10(14-8-17-4-5-18-14)6-11(9)19-15(22)12-7-13(16(23)24)21-20-12/h2-8H,1H3,(H,19,22)(H,20,21)(H,23,24). The number of H-pyrrole nitrogens is 1. The summed E-state index contributed by atoms with van der Waals surface area (Å²) in [6.07, 6.45) is 4.80. The van der Waals surface area contributed by atoms with Gasteiger partial charge >= 0.3 is 5.97 Å². The molecule has 0 bridgehead atoms. The number of hydrogen-bond acceptors (Lipinski definition) is 5. The van der Waals surface area contributed by atoms with Crippen molar-refractivity contribution in [3.63, 3.8) is 0 Å². The number of nitrogens with zero attached hydrogens (tertiary/aromatic N) is 3. The lowest BCUT2D eigenvalue weighted by Gasteiger charge is -2.09. The van der Waals surface area contributed by atoms with Crippen LogP contribution in [0.3, 0.4) is 0 Å². The van der Waals surface area contributed by atoms with Crippen LogP contribution in [0, 0.1) is 6.92 Å². The molecular weight excluding hydrogens is 310 g/mol. The normalized spacial score (nSPS) is 10.4. The minimum Gasteiger partial charge on any atom is -0.477 e. The third-order valence-corrected chi connectivity index (χ3v) is 3.39. The van der Waals surface area contributed by atoms with E-state index in [-0.39, 0.29) is 11.4 Å². The molecule has 0 radical (unpaired) electrons. The molecule has 0 spiro atoms. The highest BCUT2D eigenvalue weighted by Crippen LogP contribution is 2.24. The van der Waals surface area contributed by atoms with Crippen molar-refractivity contribution in [3.05, 3.63) is 59.8 Å². The maximum absolute atomic E-state index is 12.2. The van der Waals surface area contributed by atoms with Gasteiger partial charge in [0.1, 0.15) is 5.69 Å². The van der Waals surface area contributed by atoms with E-state index in [1.807, 2.05) is 19.1 Å². The van der Waals surface area contributed by atoms with Crippen molar-refractivity contribution >= 4 is 17.6 Å². The molecule has 2 heterocycles. The van der Waals surface area contributed by atoms with Gasteiger partial charge in [-0.15, -0.1) is 0 Å². The number of aryl methyl sites for hydroxylation is 1. The van der Waals surface area contributed by atoms with Crippen molar-refractivity contribution in [1.29, 1.82) is 0 Å². The van der Waals surface area contributed by atoms with Gasteiger partial charge in [0.25, 0.3) is 5.91 Å². The van der Waals surface area contributed by atoms with Gasteiger partial charge in [-0.25, -0.2) is 4.79 Å². The van der Waals surface area contributed by atoms with Crippen molar-refractivity contribution in [2.75, 3.05) is 5.32 Å². The predicted octanol–water partition coefficient (Wildman–Crippen LogP) is 2.13. The summed E-state index contributed by atoms with van der Waals surface area (Å²) in [5, 5.41) is 17.6. The molecule has 24 heavy (non-hydrogen) atoms. The van der Waals surface area contributed by atoms with E-state index in [1.165, 1.54) is 6.07 Å². The Hall–Kier alpha value is -3.55. The van der Waals surface area contributed by atoms with Crippen LogP contribution in [0.2, 0.25) is 0 Å². The van der Waals surface area contributed by atoms with Gasteiger partial charge in [0.05, 0.1) is 11.9 Å². The van der Waals surface area contributed by atoms with Gasteiger partial charge in [0, 0.05) is 29.7 Å². The molecule has 0 unspecified atom stereocenters. The first-order valence-electron chi connectivity index (χ1n) is 7.01. The zero-order chi connectivity index (χ0) is 17.1. The fourth-order valence-corrected chi connectivity index (χ4v) is 2.10. The quantitative estimate of drug-likeness (QED) is 0.676. The zero-order valence-electron chi connectivity index (χ0n) is 12.6. The molecule has 0 aliphatic heterocycles. The number of nitrogens with one attached hydrogen (secondary N) is 2. The van der Waals surface area contributed by atoms with E-state index in [9.17, 15) is 9.59 Å². The molecule has 3 N–H and O–H groups in total. The summed E-state index contributed by atoms with van der Waals surface area (Å²) in [7, 11) is 0. The van der Waals surface area contributed by atoms with Crippen molar-refractivity contribution in [2.24, 2.45) is 0 Å². The topological polar surface area (TPSA) is 121 Å². The summed E-state index contributed by atoms with van der Waals surface area (Å²) in [6.45, 7) is 1.85. The first kappa shape index (κ1) is 15.3. The van der Waals surface area contributed by atoms with Crippen molar-refractivity contribution in [1.82, 2.24) is 20.2 Å². The van der Waals surface area contributed by atoms with Crippen molar-refractivity contribution < 1.29 is 14.7 Å². The van der Waals surface area contributed by atoms with Crippen LogP contribution in [0.5, 0.6) is 0 Å². The Balaban J connectivity index is 1.86. The number of carboxylic acids is 1. The van der Waals surface area contributed by atoms with Gasteiger partial charge in [-0.05, 0) is 18.6 Å². The first-order valence-corrected chi connectivity index (χ1v) is 7.01. The summed E-state index contributed by atoms with van der Waals surface area (Å²) in [6, 6.07) is 6.69. The minimum absolute atomic E-state index is 0.00305. The van der Waals surface area contributed by atoms with E-state index in [0.717, 1.165) is 11.1 Å². The Morgan fingerprint density at radius 2 is 2.04 bits per heavy atom. The summed E-state index contributed by atoms with van der Waals surface area (Å²) >= 11 is 0. The summed E-state index contributed by atoms with van der Waals surface area (Å²) < 4.78 is 0. The van der Waals surface area contributed by atoms with Crippen molar-refractivity contribution in [2.45, 2.75) is 6.92 Å². The molecule has 1 aromatic carbocycles. The average Bonchev–Trinajstić information content (AvgIpc) is 3.08. The van der Waals surface area contributed by atoms with E-state index in [1.54, 1.807) is 24.7 Å². The second kappa shape index (κ2) is 6.29. The van der Waals surface area contributed by atoms with Gasteiger partial charge in [-0.1, -0.05) is 12.1 Å². The van der Waals surface area contributed by atoms with Crippen LogP contribution < -0.4 is 5.32 Å². The van der Waals surface area contributed by atoms with Crippen LogP contribution in [0.15, 0.2) is 42.9 Å². The van der Waals surface area contributed by atoms with Crippen LogP contribution in [0.1, 0.15) is 26.5 Å². The molecule has 3 aromatic rings. The Bertz CT molecular complexity index is 905. The first-order chi connectivity index (χ1) is 11.5. The van der Waals surface area contributed by atoms with E-state index >= 15 is 0 Å². The van der Waals surface area contributed by atoms with Gasteiger partial charge < -0.3 is 10.4 Å². The summed E-state index contributed by atoms with van der Waals surface area (Å²) in [4.78, 5) is 31.3. The van der Waals surface area contributed by atoms with Gasteiger partial charge in [-0.2, -0.15) is 5.10 Å². The molecule has 0 saturated heterocycles. The highest BCUT2D eigenvalue weighted by atomic mass is 16.4. The number of benzene rings is 1. The molecule has 8 nitrogen and oxygen atoms in total. The Morgan fingerprint density at radius 3 is 2.71 bits per heavy atom. The molecule has 0 saturated carbocycles. The van der Waals surface area contributed by atoms with Gasteiger partial charge in [0.2, 0.25) is 0 Å². The summed E-state index contributed by atoms with van der Waals surface area (Å²) in [5.74, 6) is -1.68. The molecule has 3 rings (SSSR count). The molecule has 0 fully saturated rings.